The topological polar surface area (TPSA) is 77.8 Å². The van der Waals surface area contributed by atoms with Crippen LogP contribution in [0.4, 0.5) is 0 Å². The number of benzene rings is 1. The van der Waals surface area contributed by atoms with Gasteiger partial charge in [-0.05, 0) is 24.6 Å². The minimum absolute atomic E-state index is 0.190. The zero-order chi connectivity index (χ0) is 15.6. The Morgan fingerprint density at radius 1 is 1.19 bits per heavy atom. The van der Waals surface area contributed by atoms with Crippen molar-refractivity contribution in [3.8, 4) is 0 Å². The number of hydrogen-bond donors (Lipinski definition) is 2. The number of carboxylic acids is 2. The summed E-state index contributed by atoms with van der Waals surface area (Å²) in [5.41, 5.74) is 0.807. The van der Waals surface area contributed by atoms with Gasteiger partial charge in [-0.3, -0.25) is 14.5 Å². The molecular weight excluding hydrogens is 317 g/mol. The molecule has 0 amide bonds. The minimum atomic E-state index is -1.08. The summed E-state index contributed by atoms with van der Waals surface area (Å²) in [4.78, 5) is 24.3. The van der Waals surface area contributed by atoms with Gasteiger partial charge in [0.1, 0.15) is 0 Å². The van der Waals surface area contributed by atoms with Crippen LogP contribution in [0.25, 0.3) is 0 Å². The summed E-state index contributed by atoms with van der Waals surface area (Å²) in [6, 6.07) is 5.29. The molecule has 2 rings (SSSR count). The predicted octanol–water partition coefficient (Wildman–Crippen LogP) is 2.60. The van der Waals surface area contributed by atoms with E-state index in [1.54, 1.807) is 12.1 Å². The zero-order valence-electron chi connectivity index (χ0n) is 11.1. The first-order valence-corrected chi connectivity index (χ1v) is 7.26. The summed E-state index contributed by atoms with van der Waals surface area (Å²) in [6.45, 7) is 1.16. The lowest BCUT2D eigenvalue weighted by Gasteiger charge is -2.34. The van der Waals surface area contributed by atoms with Crippen LogP contribution in [0.3, 0.4) is 0 Å². The van der Waals surface area contributed by atoms with Gasteiger partial charge in [0.15, 0.2) is 0 Å². The molecule has 2 N–H and O–H groups in total. The van der Waals surface area contributed by atoms with E-state index in [1.165, 1.54) is 0 Å². The van der Waals surface area contributed by atoms with Crippen molar-refractivity contribution in [1.29, 1.82) is 0 Å². The number of carbonyl (C=O) groups is 2. The van der Waals surface area contributed by atoms with Crippen LogP contribution in [0.2, 0.25) is 10.0 Å². The van der Waals surface area contributed by atoms with Crippen molar-refractivity contribution < 1.29 is 19.8 Å². The standard InChI is InChI=1S/C14H15Cl2NO4/c15-11-3-1-2-8(12(11)16)6-17-5-4-9(13(18)19)10(7-17)14(20)21/h1-3,9-10H,4-7H2,(H,18,19)(H,20,21). The second kappa shape index (κ2) is 6.64. The number of likely N-dealkylation sites (tertiary alicyclic amines) is 1. The normalized spacial score (nSPS) is 23.0. The highest BCUT2D eigenvalue weighted by Gasteiger charge is 2.38. The van der Waals surface area contributed by atoms with Crippen molar-refractivity contribution in [1.82, 2.24) is 4.90 Å². The van der Waals surface area contributed by atoms with E-state index >= 15 is 0 Å². The van der Waals surface area contributed by atoms with Gasteiger partial charge in [-0.2, -0.15) is 0 Å². The van der Waals surface area contributed by atoms with Gasteiger partial charge in [-0.15, -0.1) is 0 Å². The molecule has 2 atom stereocenters. The fourth-order valence-corrected chi connectivity index (χ4v) is 3.00. The first-order chi connectivity index (χ1) is 9.90. The van der Waals surface area contributed by atoms with Crippen LogP contribution in [0, 0.1) is 11.8 Å². The molecule has 21 heavy (non-hydrogen) atoms. The number of carboxylic acid groups (broad SMARTS) is 2. The number of piperidine rings is 1. The number of hydrogen-bond acceptors (Lipinski definition) is 3. The molecule has 7 heteroatoms. The maximum absolute atomic E-state index is 11.3. The number of rotatable bonds is 4. The van der Waals surface area contributed by atoms with Crippen molar-refractivity contribution in [2.75, 3.05) is 13.1 Å². The summed E-state index contributed by atoms with van der Waals surface area (Å²) in [5.74, 6) is -3.88. The van der Waals surface area contributed by atoms with Gasteiger partial charge in [0, 0.05) is 13.1 Å². The Morgan fingerprint density at radius 2 is 1.86 bits per heavy atom. The molecule has 0 aromatic heterocycles. The molecule has 0 saturated carbocycles. The Balaban J connectivity index is 2.11. The van der Waals surface area contributed by atoms with E-state index in [0.29, 0.717) is 29.6 Å². The van der Waals surface area contributed by atoms with Crippen molar-refractivity contribution in [2.45, 2.75) is 13.0 Å². The third kappa shape index (κ3) is 3.67. The molecule has 2 unspecified atom stereocenters. The Kier molecular flexibility index (Phi) is 5.08. The quantitative estimate of drug-likeness (QED) is 0.886. The van der Waals surface area contributed by atoms with E-state index in [1.807, 2.05) is 11.0 Å². The first kappa shape index (κ1) is 16.1. The molecule has 1 fully saturated rings. The third-order valence-corrected chi connectivity index (χ3v) is 4.61. The van der Waals surface area contributed by atoms with Crippen molar-refractivity contribution in [2.24, 2.45) is 11.8 Å². The van der Waals surface area contributed by atoms with E-state index in [0.717, 1.165) is 5.56 Å². The summed E-state index contributed by atoms with van der Waals surface area (Å²) in [6.07, 6.45) is 0.310. The number of halogens is 2. The fraction of sp³-hybridized carbons (Fsp3) is 0.429. The van der Waals surface area contributed by atoms with Gasteiger partial charge in [-0.25, -0.2) is 0 Å². The highest BCUT2D eigenvalue weighted by Crippen LogP contribution is 2.29. The molecule has 0 spiro atoms. The molecule has 1 aliphatic rings. The van der Waals surface area contributed by atoms with Gasteiger partial charge in [0.25, 0.3) is 0 Å². The molecule has 1 heterocycles. The highest BCUT2D eigenvalue weighted by atomic mass is 35.5. The van der Waals surface area contributed by atoms with Crippen LogP contribution in [0.5, 0.6) is 0 Å². The van der Waals surface area contributed by atoms with Crippen molar-refractivity contribution in [3.63, 3.8) is 0 Å². The molecular formula is C14H15Cl2NO4. The van der Waals surface area contributed by atoms with E-state index in [9.17, 15) is 14.7 Å². The van der Waals surface area contributed by atoms with E-state index in [4.69, 9.17) is 28.3 Å². The average Bonchev–Trinajstić information content (AvgIpc) is 2.43. The van der Waals surface area contributed by atoms with Gasteiger partial charge in [-0.1, -0.05) is 35.3 Å². The van der Waals surface area contributed by atoms with Crippen LogP contribution in [-0.4, -0.2) is 40.1 Å². The third-order valence-electron chi connectivity index (χ3n) is 3.76. The van der Waals surface area contributed by atoms with Crippen LogP contribution < -0.4 is 0 Å². The summed E-state index contributed by atoms with van der Waals surface area (Å²) < 4.78 is 0. The Labute approximate surface area is 132 Å². The minimum Gasteiger partial charge on any atom is -0.481 e. The summed E-state index contributed by atoms with van der Waals surface area (Å²) in [5, 5.41) is 19.2. The molecule has 5 nitrogen and oxygen atoms in total. The molecule has 0 aliphatic carbocycles. The monoisotopic (exact) mass is 331 g/mol. The van der Waals surface area contributed by atoms with Crippen LogP contribution in [-0.2, 0) is 16.1 Å². The lowest BCUT2D eigenvalue weighted by Crippen LogP contribution is -2.46. The summed E-state index contributed by atoms with van der Waals surface area (Å²) >= 11 is 12.1. The molecule has 1 aromatic rings. The van der Waals surface area contributed by atoms with Crippen LogP contribution in [0.15, 0.2) is 18.2 Å². The largest absolute Gasteiger partial charge is 0.481 e. The SMILES string of the molecule is O=C(O)C1CCN(Cc2cccc(Cl)c2Cl)CC1C(=O)O. The number of aliphatic carboxylic acids is 2. The van der Waals surface area contributed by atoms with Gasteiger partial charge in [0.05, 0.1) is 21.9 Å². The molecule has 1 saturated heterocycles. The second-order valence-corrected chi connectivity index (χ2v) is 5.91. The zero-order valence-corrected chi connectivity index (χ0v) is 12.6. The maximum Gasteiger partial charge on any atom is 0.308 e. The van der Waals surface area contributed by atoms with E-state index < -0.39 is 23.8 Å². The molecule has 1 aliphatic heterocycles. The molecule has 114 valence electrons. The lowest BCUT2D eigenvalue weighted by molar-refractivity contribution is -0.157. The first-order valence-electron chi connectivity index (χ1n) is 6.51. The Morgan fingerprint density at radius 3 is 2.48 bits per heavy atom. The van der Waals surface area contributed by atoms with Crippen molar-refractivity contribution in [3.05, 3.63) is 33.8 Å². The van der Waals surface area contributed by atoms with Gasteiger partial charge >= 0.3 is 11.9 Å². The Bertz CT molecular complexity index is 564. The molecule has 0 bridgehead atoms. The smallest absolute Gasteiger partial charge is 0.308 e. The average molecular weight is 332 g/mol. The predicted molar refractivity (Wildman–Crippen MR) is 78.6 cm³/mol. The van der Waals surface area contributed by atoms with E-state index in [-0.39, 0.29) is 6.54 Å². The number of nitrogens with zero attached hydrogens (tertiary/aromatic N) is 1. The Hall–Kier alpha value is -1.30. The second-order valence-electron chi connectivity index (χ2n) is 5.13. The molecule has 0 radical (unpaired) electrons. The van der Waals surface area contributed by atoms with Crippen LogP contribution in [0.1, 0.15) is 12.0 Å². The van der Waals surface area contributed by atoms with Gasteiger partial charge < -0.3 is 10.2 Å². The molecule has 1 aromatic carbocycles. The van der Waals surface area contributed by atoms with Crippen molar-refractivity contribution >= 4 is 35.1 Å². The maximum atomic E-state index is 11.3. The summed E-state index contributed by atoms with van der Waals surface area (Å²) in [7, 11) is 0. The van der Waals surface area contributed by atoms with E-state index in [2.05, 4.69) is 0 Å². The van der Waals surface area contributed by atoms with Crippen LogP contribution >= 0.6 is 23.2 Å². The fourth-order valence-electron chi connectivity index (χ4n) is 2.62. The highest BCUT2D eigenvalue weighted by molar-refractivity contribution is 6.42. The lowest BCUT2D eigenvalue weighted by atomic mass is 9.85. The van der Waals surface area contributed by atoms with Gasteiger partial charge in [0.2, 0.25) is 0 Å².